The van der Waals surface area contributed by atoms with Crippen molar-refractivity contribution in [3.8, 4) is 67.0 Å². The van der Waals surface area contributed by atoms with Crippen LogP contribution in [0.5, 0.6) is 0 Å². The van der Waals surface area contributed by atoms with Gasteiger partial charge in [0.15, 0.2) is 0 Å². The van der Waals surface area contributed by atoms with E-state index in [9.17, 15) is 158 Å². The molecule has 0 amide bonds. The highest BCUT2D eigenvalue weighted by molar-refractivity contribution is 5.83. The Balaban J connectivity index is 1.44. The number of benzene rings is 2. The number of nitrogens with zero attached hydrogens (tertiary/aromatic N) is 6. The van der Waals surface area contributed by atoms with Crippen LogP contribution in [0.1, 0.15) is 28.6 Å². The van der Waals surface area contributed by atoms with E-state index in [1.807, 2.05) is 0 Å². The van der Waals surface area contributed by atoms with Crippen LogP contribution in [0.25, 0.3) is 67.0 Å². The Hall–Kier alpha value is -8.40. The van der Waals surface area contributed by atoms with Crippen molar-refractivity contribution in [2.45, 2.75) is 103 Å². The molecule has 0 radical (unpaired) electrons. The van der Waals surface area contributed by atoms with E-state index in [2.05, 4.69) is 29.9 Å². The van der Waals surface area contributed by atoms with Gasteiger partial charge in [0.05, 0.1) is 11.4 Å². The number of pyridine rings is 4. The third-order valence-corrected chi connectivity index (χ3v) is 13.5. The van der Waals surface area contributed by atoms with E-state index in [1.54, 1.807) is 0 Å². The zero-order valence-electron chi connectivity index (χ0n) is 44.8. The van der Waals surface area contributed by atoms with Gasteiger partial charge in [-0.25, -0.2) is 9.97 Å². The monoisotopic (exact) mass is 1430 g/mol. The first-order chi connectivity index (χ1) is 42.6. The van der Waals surface area contributed by atoms with E-state index in [0.717, 1.165) is 49.4 Å². The highest BCUT2D eigenvalue weighted by Crippen LogP contribution is 2.61. The summed E-state index contributed by atoms with van der Waals surface area (Å²) in [6.07, 6.45) is -29.0. The van der Waals surface area contributed by atoms with Crippen LogP contribution >= 0.6 is 0 Å². The molecule has 7 aromatic rings. The molecule has 95 heavy (non-hydrogen) atoms. The number of alkyl halides is 36. The third kappa shape index (κ3) is 12.0. The highest BCUT2D eigenvalue weighted by atomic mass is 19.5. The first-order valence-electron chi connectivity index (χ1n) is 24.5. The molecule has 0 fully saturated rings. The van der Waals surface area contributed by atoms with Crippen molar-refractivity contribution in [3.05, 3.63) is 144 Å². The van der Waals surface area contributed by atoms with E-state index in [0.29, 0.717) is 0 Å². The zero-order chi connectivity index (χ0) is 72.5. The maximum atomic E-state index is 14.9. The first-order valence-corrected chi connectivity index (χ1v) is 24.5. The van der Waals surface area contributed by atoms with Crippen LogP contribution in [0, 0.1) is 6.92 Å². The van der Waals surface area contributed by atoms with E-state index in [-0.39, 0.29) is 73.3 Å². The normalized spacial score (nSPS) is 14.6. The minimum Gasteiger partial charge on any atom is -0.254 e. The quantitative estimate of drug-likeness (QED) is 0.0797. The van der Waals surface area contributed by atoms with Crippen LogP contribution in [0.4, 0.5) is 158 Å². The molecule has 0 N–H and O–H groups in total. The van der Waals surface area contributed by atoms with Crippen LogP contribution in [-0.2, 0) is 23.7 Å². The lowest BCUT2D eigenvalue weighted by Gasteiger charge is -2.33. The van der Waals surface area contributed by atoms with Gasteiger partial charge in [-0.2, -0.15) is 158 Å². The molecule has 0 aliphatic rings. The topological polar surface area (TPSA) is 77.3 Å². The number of halogens is 36. The molecule has 0 unspecified atom stereocenters. The minimum atomic E-state index is -7.46. The lowest BCUT2D eigenvalue weighted by molar-refractivity contribution is -0.400. The fourth-order valence-electron chi connectivity index (χ4n) is 8.23. The highest BCUT2D eigenvalue weighted by Gasteiger charge is 2.86. The maximum absolute atomic E-state index is 14.9. The average molecular weight is 1430 g/mol. The van der Waals surface area contributed by atoms with Crippen LogP contribution < -0.4 is 0 Å². The molecule has 0 atom stereocenters. The second kappa shape index (κ2) is 22.9. The second-order valence-corrected chi connectivity index (χ2v) is 19.9. The summed E-state index contributed by atoms with van der Waals surface area (Å²) in [5, 5.41) is 0. The van der Waals surface area contributed by atoms with Gasteiger partial charge in [-0.3, -0.25) is 19.9 Å². The lowest BCUT2D eigenvalue weighted by Crippen LogP contribution is -2.59. The van der Waals surface area contributed by atoms with Crippen LogP contribution in [0.2, 0.25) is 0 Å². The van der Waals surface area contributed by atoms with Crippen molar-refractivity contribution in [2.75, 3.05) is 0 Å². The number of aryl methyl sites for hydroxylation is 1. The second-order valence-electron chi connectivity index (χ2n) is 19.9. The van der Waals surface area contributed by atoms with Crippen molar-refractivity contribution in [1.82, 2.24) is 29.9 Å². The molecule has 0 bridgehead atoms. The number of hydrogen-bond donors (Lipinski definition) is 0. The van der Waals surface area contributed by atoms with Crippen LogP contribution in [0.15, 0.2) is 116 Å². The summed E-state index contributed by atoms with van der Waals surface area (Å²) >= 11 is 0. The smallest absolute Gasteiger partial charge is 0.254 e. The Morgan fingerprint density at radius 1 is 0.211 bits per heavy atom. The van der Waals surface area contributed by atoms with Crippen molar-refractivity contribution >= 4 is 0 Å². The van der Waals surface area contributed by atoms with E-state index >= 15 is 0 Å². The molecule has 0 saturated heterocycles. The zero-order valence-corrected chi connectivity index (χ0v) is 44.8. The molecular formula is C53H22F36N6. The standard InChI is InChI=1S/C53H22F36N6/c1-21-94-32(30-12-26(22-2-6-34(90-17-22)38(54,55)42(62,63)46(70,71)50(78,79)80)10-27(13-30)23-3-7-35(91-18-23)39(56,57)43(64,65)47(72,73)51(81,82)83)16-33(95-21)31-14-28(24-4-8-36(92-19-24)40(58,59)44(66,67)48(74,75)52(84,85)86)11-29(15-31)25-5-9-37(93-20-25)41(60,61)45(68,69)49(76,77)53(87,88)89/h2-20H,1H3. The summed E-state index contributed by atoms with van der Waals surface area (Å²) in [6, 6.07) is 5.66. The Kier molecular flexibility index (Phi) is 17.8. The third-order valence-electron chi connectivity index (χ3n) is 13.5. The molecule has 0 aliphatic heterocycles. The van der Waals surface area contributed by atoms with E-state index in [4.69, 9.17) is 0 Å². The molecule has 5 aromatic heterocycles. The molecule has 0 saturated carbocycles. The predicted molar refractivity (Wildman–Crippen MR) is 250 cm³/mol. The SMILES string of the molecule is Cc1nc(-c2cc(-c3ccc(C(F)(F)C(F)(F)C(F)(F)C(F)(F)F)nc3)cc(-c3ccc(C(F)(F)C(F)(F)C(F)(F)C(F)(F)F)nc3)c2)cc(-c2cc(-c3ccc(C(F)(F)C(F)(F)C(F)(F)C(F)(F)F)nc3)cc(-c3ccc(C(F)(F)C(F)(F)C(F)(F)C(F)(F)F)nc3)c2)n1. The summed E-state index contributed by atoms with van der Waals surface area (Å²) in [4.78, 5) is 19.6. The lowest BCUT2D eigenvalue weighted by atomic mass is 9.93. The van der Waals surface area contributed by atoms with Gasteiger partial charge in [-0.15, -0.1) is 0 Å². The van der Waals surface area contributed by atoms with Gasteiger partial charge in [0.2, 0.25) is 0 Å². The van der Waals surface area contributed by atoms with Crippen LogP contribution in [-0.4, -0.2) is 102 Å². The molecule has 2 aromatic carbocycles. The molecule has 516 valence electrons. The van der Waals surface area contributed by atoms with Gasteiger partial charge in [0.1, 0.15) is 28.6 Å². The van der Waals surface area contributed by atoms with Gasteiger partial charge in [-0.1, -0.05) is 24.3 Å². The predicted octanol–water partition coefficient (Wildman–Crippen LogP) is 20.1. The fraction of sp³-hybridized carbons (Fsp3) is 0.321. The Bertz CT molecular complexity index is 3490. The largest absolute Gasteiger partial charge is 0.460 e. The molecule has 7 rings (SSSR count). The van der Waals surface area contributed by atoms with Gasteiger partial charge in [-0.05, 0) is 95.9 Å². The van der Waals surface area contributed by atoms with Gasteiger partial charge in [0.25, 0.3) is 0 Å². The summed E-state index contributed by atoms with van der Waals surface area (Å²) in [5.41, 5.74) is -17.4. The first kappa shape index (κ1) is 74.0. The van der Waals surface area contributed by atoms with Crippen molar-refractivity contribution in [2.24, 2.45) is 0 Å². The molecule has 5 heterocycles. The fourth-order valence-corrected chi connectivity index (χ4v) is 8.23. The van der Waals surface area contributed by atoms with E-state index in [1.165, 1.54) is 0 Å². The molecular weight excluding hydrogens is 1400 g/mol. The summed E-state index contributed by atoms with van der Waals surface area (Å²) in [7, 11) is 0. The Morgan fingerprint density at radius 3 is 0.547 bits per heavy atom. The van der Waals surface area contributed by atoms with Gasteiger partial charge < -0.3 is 0 Å². The summed E-state index contributed by atoms with van der Waals surface area (Å²) in [6.45, 7) is 0.992. The maximum Gasteiger partial charge on any atom is 0.460 e. The van der Waals surface area contributed by atoms with Gasteiger partial charge >= 0.3 is 95.8 Å². The molecule has 0 aliphatic carbocycles. The van der Waals surface area contributed by atoms with Crippen molar-refractivity contribution < 1.29 is 158 Å². The average Bonchev–Trinajstić information content (AvgIpc) is 0.751. The number of hydrogen-bond acceptors (Lipinski definition) is 6. The number of rotatable bonds is 18. The summed E-state index contributed by atoms with van der Waals surface area (Å²) in [5.74, 6) is -85.6. The van der Waals surface area contributed by atoms with E-state index < -0.39 is 191 Å². The van der Waals surface area contributed by atoms with Crippen LogP contribution in [0.3, 0.4) is 0 Å². The van der Waals surface area contributed by atoms with Crippen molar-refractivity contribution in [3.63, 3.8) is 0 Å². The molecule has 42 heteroatoms. The molecule has 6 nitrogen and oxygen atoms in total. The van der Waals surface area contributed by atoms with Crippen molar-refractivity contribution in [1.29, 1.82) is 0 Å². The van der Waals surface area contributed by atoms with Gasteiger partial charge in [0, 0.05) is 58.2 Å². The summed E-state index contributed by atoms with van der Waals surface area (Å²) < 4.78 is 500. The number of aromatic nitrogens is 6. The molecule has 0 spiro atoms. The Morgan fingerprint density at radius 2 is 0.389 bits per heavy atom. The Labute approximate surface area is 501 Å². The minimum absolute atomic E-state index is 0.0835.